The number of thioether (sulfide) groups is 1. The summed E-state index contributed by atoms with van der Waals surface area (Å²) in [6.07, 6.45) is 0.200. The van der Waals surface area contributed by atoms with Crippen LogP contribution in [0.3, 0.4) is 0 Å². The molecule has 0 aliphatic carbocycles. The summed E-state index contributed by atoms with van der Waals surface area (Å²) in [7, 11) is 0. The zero-order valence-corrected chi connectivity index (χ0v) is 10.8. The van der Waals surface area contributed by atoms with E-state index in [0.717, 1.165) is 4.88 Å². The van der Waals surface area contributed by atoms with E-state index >= 15 is 0 Å². The first-order valence-electron chi connectivity index (χ1n) is 4.95. The summed E-state index contributed by atoms with van der Waals surface area (Å²) in [5, 5.41) is 10.1. The van der Waals surface area contributed by atoms with E-state index in [-0.39, 0.29) is 6.42 Å². The first kappa shape index (κ1) is 13.0. The van der Waals surface area contributed by atoms with Crippen molar-refractivity contribution in [1.82, 2.24) is 15.8 Å². The van der Waals surface area contributed by atoms with Crippen LogP contribution in [0, 0.1) is 0 Å². The Hall–Kier alpha value is -1.42. The zero-order chi connectivity index (χ0) is 12.8. The summed E-state index contributed by atoms with van der Waals surface area (Å²) in [5.41, 5.74) is 1.83. The molecule has 0 aliphatic rings. The summed E-state index contributed by atoms with van der Waals surface area (Å²) in [6.45, 7) is 0. The van der Waals surface area contributed by atoms with Gasteiger partial charge in [0.2, 0.25) is 0 Å². The summed E-state index contributed by atoms with van der Waals surface area (Å²) in [4.78, 5) is 16.3. The third kappa shape index (κ3) is 3.53. The summed E-state index contributed by atoms with van der Waals surface area (Å²) >= 11 is 2.81. The molecule has 9 heteroatoms. The number of nitrogens with two attached hydrogens (primary N) is 1. The van der Waals surface area contributed by atoms with Crippen molar-refractivity contribution in [1.29, 1.82) is 0 Å². The van der Waals surface area contributed by atoms with Gasteiger partial charge in [-0.05, 0) is 11.4 Å². The number of aromatic nitrogens is 2. The molecule has 0 aliphatic heterocycles. The van der Waals surface area contributed by atoms with Crippen LogP contribution in [0.2, 0.25) is 0 Å². The van der Waals surface area contributed by atoms with Crippen LogP contribution < -0.4 is 11.4 Å². The first-order chi connectivity index (χ1) is 8.79. The number of rotatable bonds is 6. The van der Waals surface area contributed by atoms with Gasteiger partial charge in [-0.1, -0.05) is 23.4 Å². The van der Waals surface area contributed by atoms with Crippen molar-refractivity contribution in [3.8, 4) is 10.8 Å². The van der Waals surface area contributed by atoms with Gasteiger partial charge in [0, 0.05) is 5.75 Å². The molecular weight excluding hydrogens is 276 g/mol. The van der Waals surface area contributed by atoms with Gasteiger partial charge in [0.1, 0.15) is 0 Å². The van der Waals surface area contributed by atoms with Crippen molar-refractivity contribution in [2.24, 2.45) is 5.84 Å². The lowest BCUT2D eigenvalue weighted by Gasteiger charge is -1.98. The molecular formula is C9H10N4O3S2. The van der Waals surface area contributed by atoms with Gasteiger partial charge in [-0.2, -0.15) is 0 Å². The van der Waals surface area contributed by atoms with Crippen molar-refractivity contribution < 1.29 is 14.0 Å². The third-order valence-electron chi connectivity index (χ3n) is 1.84. The summed E-state index contributed by atoms with van der Waals surface area (Å²) in [5.74, 6) is 5.35. The normalized spacial score (nSPS) is 10.5. The Bertz CT molecular complexity index is 500. The quantitative estimate of drug-likeness (QED) is 0.464. The van der Waals surface area contributed by atoms with Crippen LogP contribution in [0.1, 0.15) is 6.42 Å². The SMILES string of the molecule is NNOC(=O)CCSc1nnc(-c2cccs2)o1. The number of carbonyl (C=O) groups is 1. The standard InChI is InChI=1S/C9H10N4O3S2/c10-13-16-7(14)3-5-18-9-12-11-8(15-9)6-2-1-4-17-6/h1-2,4,13H,3,5,10H2. The van der Waals surface area contributed by atoms with Crippen LogP contribution in [-0.2, 0) is 9.63 Å². The molecule has 0 unspecified atom stereocenters. The largest absolute Gasteiger partial charge is 0.410 e. The van der Waals surface area contributed by atoms with E-state index in [1.165, 1.54) is 23.1 Å². The monoisotopic (exact) mass is 286 g/mol. The Morgan fingerprint density at radius 2 is 2.50 bits per heavy atom. The fourth-order valence-corrected chi connectivity index (χ4v) is 2.43. The molecule has 2 aromatic rings. The van der Waals surface area contributed by atoms with Crippen LogP contribution in [0.4, 0.5) is 0 Å². The molecule has 7 nitrogen and oxygen atoms in total. The molecule has 2 aromatic heterocycles. The van der Waals surface area contributed by atoms with E-state index in [2.05, 4.69) is 15.0 Å². The molecule has 0 saturated heterocycles. The maximum Gasteiger partial charge on any atom is 0.327 e. The smallest absolute Gasteiger partial charge is 0.327 e. The average molecular weight is 286 g/mol. The third-order valence-corrected chi connectivity index (χ3v) is 3.52. The van der Waals surface area contributed by atoms with E-state index in [0.29, 0.717) is 16.9 Å². The van der Waals surface area contributed by atoms with E-state index in [9.17, 15) is 4.79 Å². The molecule has 0 amide bonds. The Morgan fingerprint density at radius 1 is 1.61 bits per heavy atom. The Kier molecular flexibility index (Phi) is 4.70. The van der Waals surface area contributed by atoms with Gasteiger partial charge in [0.15, 0.2) is 0 Å². The Morgan fingerprint density at radius 3 is 3.22 bits per heavy atom. The summed E-state index contributed by atoms with van der Waals surface area (Å²) < 4.78 is 5.43. The van der Waals surface area contributed by atoms with Crippen molar-refractivity contribution in [2.75, 3.05) is 5.75 Å². The van der Waals surface area contributed by atoms with Crippen molar-refractivity contribution in [3.63, 3.8) is 0 Å². The van der Waals surface area contributed by atoms with Crippen LogP contribution in [0.15, 0.2) is 27.2 Å². The van der Waals surface area contributed by atoms with Gasteiger partial charge in [0.25, 0.3) is 11.1 Å². The highest BCUT2D eigenvalue weighted by Gasteiger charge is 2.10. The fraction of sp³-hybridized carbons (Fsp3) is 0.222. The van der Waals surface area contributed by atoms with Crippen molar-refractivity contribution in [2.45, 2.75) is 11.6 Å². The molecule has 0 bridgehead atoms. The van der Waals surface area contributed by atoms with Gasteiger partial charge in [-0.25, -0.2) is 5.84 Å². The zero-order valence-electron chi connectivity index (χ0n) is 9.16. The second-order valence-electron chi connectivity index (χ2n) is 3.04. The van der Waals surface area contributed by atoms with Crippen molar-refractivity contribution >= 4 is 29.1 Å². The fourth-order valence-electron chi connectivity index (χ4n) is 1.11. The lowest BCUT2D eigenvalue weighted by Crippen LogP contribution is -2.26. The number of nitrogens with zero attached hydrogens (tertiary/aromatic N) is 2. The first-order valence-corrected chi connectivity index (χ1v) is 6.81. The number of hydrogen-bond acceptors (Lipinski definition) is 9. The number of hydrogen-bond donors (Lipinski definition) is 2. The molecule has 0 atom stereocenters. The second kappa shape index (κ2) is 6.50. The van der Waals surface area contributed by atoms with Gasteiger partial charge in [-0.3, -0.25) is 4.79 Å². The molecule has 2 heterocycles. The lowest BCUT2D eigenvalue weighted by atomic mass is 10.5. The van der Waals surface area contributed by atoms with Gasteiger partial charge >= 0.3 is 5.97 Å². The van der Waals surface area contributed by atoms with E-state index in [1.54, 1.807) is 0 Å². The Labute approximate surface area is 111 Å². The number of nitrogens with one attached hydrogen (secondary N) is 1. The molecule has 2 rings (SSSR count). The topological polar surface area (TPSA) is 103 Å². The Balaban J connectivity index is 1.82. The van der Waals surface area contributed by atoms with Crippen LogP contribution in [0.25, 0.3) is 10.8 Å². The predicted molar refractivity (Wildman–Crippen MR) is 66.4 cm³/mol. The van der Waals surface area contributed by atoms with Crippen LogP contribution in [0.5, 0.6) is 0 Å². The van der Waals surface area contributed by atoms with Gasteiger partial charge < -0.3 is 9.25 Å². The molecule has 0 aromatic carbocycles. The van der Waals surface area contributed by atoms with Crippen LogP contribution >= 0.6 is 23.1 Å². The molecule has 18 heavy (non-hydrogen) atoms. The number of thiophene rings is 1. The molecule has 0 saturated carbocycles. The highest BCUT2D eigenvalue weighted by molar-refractivity contribution is 7.99. The maximum absolute atomic E-state index is 11.0. The minimum absolute atomic E-state index is 0.200. The molecule has 3 N–H and O–H groups in total. The highest BCUT2D eigenvalue weighted by atomic mass is 32.2. The van der Waals surface area contributed by atoms with Crippen LogP contribution in [-0.4, -0.2) is 21.9 Å². The maximum atomic E-state index is 11.0. The molecule has 96 valence electrons. The van der Waals surface area contributed by atoms with Gasteiger partial charge in [0.05, 0.1) is 11.3 Å². The number of hydrazine groups is 1. The lowest BCUT2D eigenvalue weighted by molar-refractivity contribution is -0.150. The van der Waals surface area contributed by atoms with E-state index in [4.69, 9.17) is 10.3 Å². The minimum Gasteiger partial charge on any atom is -0.410 e. The van der Waals surface area contributed by atoms with E-state index in [1.807, 2.05) is 23.1 Å². The highest BCUT2D eigenvalue weighted by Crippen LogP contribution is 2.26. The minimum atomic E-state index is -0.442. The van der Waals surface area contributed by atoms with E-state index < -0.39 is 5.97 Å². The number of carbonyl (C=O) groups excluding carboxylic acids is 1. The predicted octanol–water partition coefficient (Wildman–Crippen LogP) is 1.20. The molecule has 0 radical (unpaired) electrons. The summed E-state index contributed by atoms with van der Waals surface area (Å²) in [6, 6.07) is 3.81. The second-order valence-corrected chi connectivity index (χ2v) is 5.03. The van der Waals surface area contributed by atoms with Gasteiger partial charge in [-0.15, -0.1) is 21.5 Å². The molecule has 0 spiro atoms. The molecule has 0 fully saturated rings. The average Bonchev–Trinajstić information content (AvgIpc) is 2.99. The van der Waals surface area contributed by atoms with Crippen molar-refractivity contribution in [3.05, 3.63) is 17.5 Å².